The normalized spacial score (nSPS) is 11.8. The molecular weight excluding hydrogens is 258 g/mol. The van der Waals surface area contributed by atoms with Gasteiger partial charge in [0.25, 0.3) is 0 Å². The predicted octanol–water partition coefficient (Wildman–Crippen LogP) is 2.09. The Bertz CT molecular complexity index is 255. The molecule has 19 heavy (non-hydrogen) atoms. The molecule has 5 nitrogen and oxygen atoms in total. The second-order valence-electron chi connectivity index (χ2n) is 5.47. The highest BCUT2D eigenvalue weighted by Gasteiger charge is 2.27. The topological polar surface area (TPSA) is 54.9 Å². The Kier molecular flexibility index (Phi) is 9.04. The van der Waals surface area contributed by atoms with Crippen molar-refractivity contribution in [3.8, 4) is 0 Å². The van der Waals surface area contributed by atoms with Crippen molar-refractivity contribution in [2.45, 2.75) is 58.8 Å². The third-order valence-corrected chi connectivity index (χ3v) is 5.76. The summed E-state index contributed by atoms with van der Waals surface area (Å²) >= 11 is 0. The molecule has 0 saturated carbocycles. The van der Waals surface area contributed by atoms with E-state index in [0.29, 0.717) is 12.1 Å². The number of guanidine groups is 1. The van der Waals surface area contributed by atoms with Crippen LogP contribution in [0.3, 0.4) is 0 Å². The molecule has 0 unspecified atom stereocenters. The molecule has 0 spiro atoms. The van der Waals surface area contributed by atoms with Crippen LogP contribution in [0.2, 0.25) is 12.6 Å². The van der Waals surface area contributed by atoms with E-state index in [1.165, 1.54) is 0 Å². The number of rotatable bonds is 8. The summed E-state index contributed by atoms with van der Waals surface area (Å²) < 4.78 is 10.9. The molecule has 0 fully saturated rings. The summed E-state index contributed by atoms with van der Waals surface area (Å²) in [5.41, 5.74) is 0. The molecule has 6 heteroatoms. The average molecular weight is 289 g/mol. The molecule has 114 valence electrons. The van der Waals surface area contributed by atoms with Crippen LogP contribution in [0.1, 0.15) is 34.1 Å². The lowest BCUT2D eigenvalue weighted by atomic mass is 10.4. The second-order valence-corrected chi connectivity index (χ2v) is 9.06. The van der Waals surface area contributed by atoms with Crippen LogP contribution in [0.5, 0.6) is 0 Å². The summed E-state index contributed by atoms with van der Waals surface area (Å²) in [6.07, 6.45) is 0.980. The van der Waals surface area contributed by atoms with Gasteiger partial charge < -0.3 is 19.5 Å². The summed E-state index contributed by atoms with van der Waals surface area (Å²) in [5, 5.41) is 6.65. The molecule has 0 aliphatic heterocycles. The lowest BCUT2D eigenvalue weighted by Crippen LogP contribution is -2.44. The van der Waals surface area contributed by atoms with Gasteiger partial charge in [-0.05, 0) is 46.7 Å². The average Bonchev–Trinajstić information content (AvgIpc) is 2.32. The summed E-state index contributed by atoms with van der Waals surface area (Å²) in [5.74, 6) is 0.878. The number of aliphatic imine (C=N–C) groups is 1. The van der Waals surface area contributed by atoms with Gasteiger partial charge in [-0.3, -0.25) is 4.99 Å². The van der Waals surface area contributed by atoms with Crippen molar-refractivity contribution in [1.82, 2.24) is 10.6 Å². The number of nitrogens with one attached hydrogen (secondary N) is 2. The summed E-state index contributed by atoms with van der Waals surface area (Å²) in [6, 6.07) is 1.71. The van der Waals surface area contributed by atoms with E-state index in [2.05, 4.69) is 49.9 Å². The first kappa shape index (κ1) is 18.4. The number of hydrogen-bond acceptors (Lipinski definition) is 3. The van der Waals surface area contributed by atoms with E-state index < -0.39 is 8.56 Å². The lowest BCUT2D eigenvalue weighted by Gasteiger charge is -2.22. The van der Waals surface area contributed by atoms with E-state index >= 15 is 0 Å². The first-order valence-corrected chi connectivity index (χ1v) is 9.53. The zero-order chi connectivity index (χ0) is 14.9. The maximum atomic E-state index is 5.46. The van der Waals surface area contributed by atoms with Gasteiger partial charge in [0.15, 0.2) is 5.96 Å². The Balaban J connectivity index is 4.23. The molecule has 0 aromatic heterocycles. The van der Waals surface area contributed by atoms with Crippen molar-refractivity contribution in [3.63, 3.8) is 0 Å². The highest BCUT2D eigenvalue weighted by Crippen LogP contribution is 2.13. The third-order valence-electron chi connectivity index (χ3n) is 2.77. The maximum Gasteiger partial charge on any atom is 0.334 e. The van der Waals surface area contributed by atoms with E-state index in [0.717, 1.165) is 25.0 Å². The van der Waals surface area contributed by atoms with Gasteiger partial charge in [-0.2, -0.15) is 0 Å². The van der Waals surface area contributed by atoms with E-state index in [9.17, 15) is 0 Å². The minimum atomic E-state index is -1.94. The molecule has 0 aliphatic carbocycles. The maximum absolute atomic E-state index is 5.46. The Morgan fingerprint density at radius 1 is 1.05 bits per heavy atom. The molecule has 0 saturated heterocycles. The van der Waals surface area contributed by atoms with Crippen molar-refractivity contribution in [2.24, 2.45) is 4.99 Å². The summed E-state index contributed by atoms with van der Waals surface area (Å²) in [4.78, 5) is 4.58. The largest absolute Gasteiger partial charge is 0.398 e. The predicted molar refractivity (Wildman–Crippen MR) is 83.9 cm³/mol. The van der Waals surface area contributed by atoms with E-state index in [1.54, 1.807) is 14.2 Å². The van der Waals surface area contributed by atoms with Gasteiger partial charge in [0.1, 0.15) is 0 Å². The van der Waals surface area contributed by atoms with Crippen molar-refractivity contribution < 1.29 is 8.85 Å². The third kappa shape index (κ3) is 9.02. The van der Waals surface area contributed by atoms with Crippen LogP contribution in [0, 0.1) is 0 Å². The summed E-state index contributed by atoms with van der Waals surface area (Å²) in [6.45, 7) is 11.3. The van der Waals surface area contributed by atoms with Crippen molar-refractivity contribution in [1.29, 1.82) is 0 Å². The molecule has 0 radical (unpaired) electrons. The first-order chi connectivity index (χ1) is 8.83. The van der Waals surface area contributed by atoms with Crippen LogP contribution in [0.15, 0.2) is 4.99 Å². The molecule has 0 aromatic rings. The van der Waals surface area contributed by atoms with Crippen LogP contribution in [-0.2, 0) is 8.85 Å². The number of hydrogen-bond donors (Lipinski definition) is 2. The van der Waals surface area contributed by atoms with E-state index in [4.69, 9.17) is 8.85 Å². The van der Waals surface area contributed by atoms with Crippen LogP contribution in [0.4, 0.5) is 0 Å². The standard InChI is InChI=1S/C13H31N3O2Si/c1-11(2)15-13(16-12(3)4)14-9-8-10-19(7,17-5)18-6/h11-12H,8-10H2,1-7H3,(H2,14,15,16). The molecule has 0 heterocycles. The zero-order valence-electron chi connectivity index (χ0n) is 13.5. The Morgan fingerprint density at radius 3 is 1.89 bits per heavy atom. The lowest BCUT2D eigenvalue weighted by molar-refractivity contribution is 0.249. The molecule has 0 aliphatic rings. The first-order valence-electron chi connectivity index (χ1n) is 7.00. The molecule has 0 atom stereocenters. The fourth-order valence-corrected chi connectivity index (χ4v) is 2.93. The molecular formula is C13H31N3O2Si. The Labute approximate surface area is 119 Å². The fraction of sp³-hybridized carbons (Fsp3) is 0.923. The van der Waals surface area contributed by atoms with E-state index in [-0.39, 0.29) is 0 Å². The second kappa shape index (κ2) is 9.33. The monoisotopic (exact) mass is 289 g/mol. The number of nitrogens with zero attached hydrogens (tertiary/aromatic N) is 1. The van der Waals surface area contributed by atoms with Crippen LogP contribution in [0.25, 0.3) is 0 Å². The van der Waals surface area contributed by atoms with Gasteiger partial charge in [0.2, 0.25) is 0 Å². The minimum Gasteiger partial charge on any atom is -0.398 e. The molecule has 0 bridgehead atoms. The quantitative estimate of drug-likeness (QED) is 0.311. The van der Waals surface area contributed by atoms with Crippen molar-refractivity contribution >= 4 is 14.5 Å². The van der Waals surface area contributed by atoms with Gasteiger partial charge >= 0.3 is 8.56 Å². The Morgan fingerprint density at radius 2 is 1.53 bits per heavy atom. The van der Waals surface area contributed by atoms with Crippen molar-refractivity contribution in [3.05, 3.63) is 0 Å². The molecule has 0 amide bonds. The smallest absolute Gasteiger partial charge is 0.334 e. The van der Waals surface area contributed by atoms with Gasteiger partial charge in [0, 0.05) is 32.8 Å². The van der Waals surface area contributed by atoms with Crippen LogP contribution >= 0.6 is 0 Å². The fourth-order valence-electron chi connectivity index (χ4n) is 1.56. The minimum absolute atomic E-state index is 0.377. The van der Waals surface area contributed by atoms with Gasteiger partial charge in [-0.1, -0.05) is 0 Å². The molecule has 0 rings (SSSR count). The van der Waals surface area contributed by atoms with Crippen LogP contribution < -0.4 is 10.6 Å². The molecule has 0 aromatic carbocycles. The van der Waals surface area contributed by atoms with Crippen molar-refractivity contribution in [2.75, 3.05) is 20.8 Å². The van der Waals surface area contributed by atoms with Crippen LogP contribution in [-0.4, -0.2) is 47.4 Å². The highest BCUT2D eigenvalue weighted by atomic mass is 28.4. The SMILES string of the molecule is CO[Si](C)(CCCN=C(NC(C)C)NC(C)C)OC. The van der Waals surface area contributed by atoms with Gasteiger partial charge in [-0.15, -0.1) is 0 Å². The highest BCUT2D eigenvalue weighted by molar-refractivity contribution is 6.65. The molecule has 2 N–H and O–H groups in total. The summed E-state index contributed by atoms with van der Waals surface area (Å²) in [7, 11) is 1.51. The zero-order valence-corrected chi connectivity index (χ0v) is 14.5. The van der Waals surface area contributed by atoms with Gasteiger partial charge in [0.05, 0.1) is 0 Å². The van der Waals surface area contributed by atoms with Gasteiger partial charge in [-0.25, -0.2) is 0 Å². The Hall–Kier alpha value is -0.593. The van der Waals surface area contributed by atoms with E-state index in [1.807, 2.05) is 0 Å².